The van der Waals surface area contributed by atoms with Gasteiger partial charge in [0.2, 0.25) is 11.9 Å². The lowest BCUT2D eigenvalue weighted by Gasteiger charge is -2.04. The van der Waals surface area contributed by atoms with E-state index in [1.807, 2.05) is 0 Å². The first-order valence-electron chi connectivity index (χ1n) is 6.69. The maximum absolute atomic E-state index is 13.7. The second-order valence-electron chi connectivity index (χ2n) is 4.74. The second kappa shape index (κ2) is 6.25. The van der Waals surface area contributed by atoms with Crippen molar-refractivity contribution in [1.82, 2.24) is 14.8 Å². The van der Waals surface area contributed by atoms with Gasteiger partial charge in [0, 0.05) is 10.7 Å². The normalized spacial score (nSPS) is 10.6. The number of nitrogens with one attached hydrogen (secondary N) is 1. The molecule has 3 N–H and O–H groups in total. The van der Waals surface area contributed by atoms with E-state index in [4.69, 9.17) is 17.3 Å². The highest BCUT2D eigenvalue weighted by atomic mass is 35.5. The molecule has 0 saturated heterocycles. The summed E-state index contributed by atoms with van der Waals surface area (Å²) in [6, 6.07) is 9.77. The largest absolute Gasteiger partial charge is 0.368 e. The Kier molecular flexibility index (Phi) is 4.13. The molecule has 0 spiro atoms. The first-order chi connectivity index (χ1) is 11.5. The van der Waals surface area contributed by atoms with Gasteiger partial charge in [-0.25, -0.2) is 8.78 Å². The second-order valence-corrected chi connectivity index (χ2v) is 5.18. The fraction of sp³-hybridized carbons (Fsp3) is 0. The summed E-state index contributed by atoms with van der Waals surface area (Å²) in [5.41, 5.74) is 5.42. The quantitative estimate of drug-likeness (QED) is 0.758. The highest BCUT2D eigenvalue weighted by molar-refractivity contribution is 6.30. The van der Waals surface area contributed by atoms with Gasteiger partial charge in [0.25, 0.3) is 5.91 Å². The van der Waals surface area contributed by atoms with E-state index in [0.717, 1.165) is 18.2 Å². The van der Waals surface area contributed by atoms with Gasteiger partial charge in [0.05, 0.1) is 0 Å². The van der Waals surface area contributed by atoms with Gasteiger partial charge in [0.1, 0.15) is 17.2 Å². The van der Waals surface area contributed by atoms with Gasteiger partial charge in [0.15, 0.2) is 0 Å². The summed E-state index contributed by atoms with van der Waals surface area (Å²) in [5, 5.41) is 7.11. The number of carbonyl (C=O) groups is 1. The molecule has 0 aliphatic rings. The number of benzene rings is 2. The topological polar surface area (TPSA) is 85.8 Å². The van der Waals surface area contributed by atoms with Crippen LogP contribution in [-0.4, -0.2) is 20.7 Å². The van der Waals surface area contributed by atoms with Crippen LogP contribution in [0.3, 0.4) is 0 Å². The average molecular weight is 350 g/mol. The van der Waals surface area contributed by atoms with Crippen LogP contribution in [-0.2, 0) is 0 Å². The molecular formula is C15H10ClF2N5O. The van der Waals surface area contributed by atoms with Crippen molar-refractivity contribution >= 4 is 35.1 Å². The fourth-order valence-electron chi connectivity index (χ4n) is 2.03. The Morgan fingerprint density at radius 3 is 2.50 bits per heavy atom. The van der Waals surface area contributed by atoms with Gasteiger partial charge in [-0.05, 0) is 30.3 Å². The summed E-state index contributed by atoms with van der Waals surface area (Å²) in [4.78, 5) is 16.1. The number of nitrogens with two attached hydrogens (primary N) is 1. The molecule has 9 heteroatoms. The summed E-state index contributed by atoms with van der Waals surface area (Å²) in [6.45, 7) is 0. The Morgan fingerprint density at radius 2 is 1.83 bits per heavy atom. The van der Waals surface area contributed by atoms with Crippen LogP contribution in [0.5, 0.6) is 0 Å². The van der Waals surface area contributed by atoms with E-state index in [0.29, 0.717) is 15.4 Å². The van der Waals surface area contributed by atoms with Crippen molar-refractivity contribution in [2.45, 2.75) is 0 Å². The summed E-state index contributed by atoms with van der Waals surface area (Å²) in [6.07, 6.45) is 0. The van der Waals surface area contributed by atoms with Crippen molar-refractivity contribution in [1.29, 1.82) is 0 Å². The van der Waals surface area contributed by atoms with Crippen molar-refractivity contribution in [2.24, 2.45) is 0 Å². The van der Waals surface area contributed by atoms with Gasteiger partial charge < -0.3 is 11.1 Å². The standard InChI is InChI=1S/C15H10ClF2N5O/c16-8-3-1-4-9(7-8)20-15-21-14(19)23(22-15)13(24)12-10(17)5-2-6-11(12)18/h1-7H,(H3,19,20,21,22). The molecule has 3 aromatic rings. The molecule has 6 nitrogen and oxygen atoms in total. The molecule has 3 rings (SSSR count). The van der Waals surface area contributed by atoms with Crippen molar-refractivity contribution in [2.75, 3.05) is 11.1 Å². The zero-order chi connectivity index (χ0) is 17.3. The molecule has 0 aliphatic carbocycles. The molecule has 0 atom stereocenters. The molecule has 0 bridgehead atoms. The van der Waals surface area contributed by atoms with Crippen molar-refractivity contribution in [3.63, 3.8) is 0 Å². The molecule has 0 fully saturated rings. The molecule has 0 saturated carbocycles. The molecule has 24 heavy (non-hydrogen) atoms. The van der Waals surface area contributed by atoms with Crippen LogP contribution in [0.4, 0.5) is 26.4 Å². The SMILES string of the molecule is Nc1nc(Nc2cccc(Cl)c2)nn1C(=O)c1c(F)cccc1F. The lowest BCUT2D eigenvalue weighted by atomic mass is 10.2. The number of hydrogen-bond acceptors (Lipinski definition) is 5. The average Bonchev–Trinajstić information content (AvgIpc) is 2.87. The fourth-order valence-corrected chi connectivity index (χ4v) is 2.22. The van der Waals surface area contributed by atoms with Crippen LogP contribution in [0.25, 0.3) is 0 Å². The number of aromatic nitrogens is 3. The maximum Gasteiger partial charge on any atom is 0.287 e. The Balaban J connectivity index is 1.93. The molecule has 1 aromatic heterocycles. The maximum atomic E-state index is 13.7. The molecule has 122 valence electrons. The summed E-state index contributed by atoms with van der Waals surface area (Å²) in [7, 11) is 0. The Bertz CT molecular complexity index is 908. The van der Waals surface area contributed by atoms with Crippen LogP contribution in [0.1, 0.15) is 10.4 Å². The number of anilines is 3. The third kappa shape index (κ3) is 3.04. The molecule has 1 heterocycles. The molecule has 2 aromatic carbocycles. The monoisotopic (exact) mass is 349 g/mol. The number of hydrogen-bond donors (Lipinski definition) is 2. The highest BCUT2D eigenvalue weighted by Crippen LogP contribution is 2.20. The Labute approximate surface area is 139 Å². The van der Waals surface area contributed by atoms with Crippen molar-refractivity contribution < 1.29 is 13.6 Å². The van der Waals surface area contributed by atoms with E-state index in [-0.39, 0.29) is 11.9 Å². The predicted molar refractivity (Wildman–Crippen MR) is 85.3 cm³/mol. The Morgan fingerprint density at radius 1 is 1.17 bits per heavy atom. The van der Waals surface area contributed by atoms with E-state index in [1.54, 1.807) is 24.3 Å². The minimum Gasteiger partial charge on any atom is -0.368 e. The number of rotatable bonds is 3. The van der Waals surface area contributed by atoms with Gasteiger partial charge in [-0.1, -0.05) is 23.7 Å². The molecule has 0 amide bonds. The van der Waals surface area contributed by atoms with Gasteiger partial charge in [-0.3, -0.25) is 4.79 Å². The van der Waals surface area contributed by atoms with E-state index in [1.165, 1.54) is 0 Å². The van der Waals surface area contributed by atoms with Crippen LogP contribution in [0.15, 0.2) is 42.5 Å². The number of nitrogen functional groups attached to an aromatic ring is 1. The summed E-state index contributed by atoms with van der Waals surface area (Å²) in [5.74, 6) is -3.42. The number of carbonyl (C=O) groups excluding carboxylic acids is 1. The van der Waals surface area contributed by atoms with E-state index >= 15 is 0 Å². The van der Waals surface area contributed by atoms with Crippen LogP contribution in [0, 0.1) is 11.6 Å². The van der Waals surface area contributed by atoms with Gasteiger partial charge in [-0.2, -0.15) is 9.67 Å². The smallest absolute Gasteiger partial charge is 0.287 e. The van der Waals surface area contributed by atoms with Crippen LogP contribution < -0.4 is 11.1 Å². The lowest BCUT2D eigenvalue weighted by molar-refractivity contribution is 0.0939. The van der Waals surface area contributed by atoms with Crippen molar-refractivity contribution in [3.05, 3.63) is 64.7 Å². The van der Waals surface area contributed by atoms with E-state index < -0.39 is 23.1 Å². The van der Waals surface area contributed by atoms with Gasteiger partial charge >= 0.3 is 0 Å². The third-order valence-electron chi connectivity index (χ3n) is 3.08. The summed E-state index contributed by atoms with van der Waals surface area (Å²) >= 11 is 5.86. The third-order valence-corrected chi connectivity index (χ3v) is 3.32. The highest BCUT2D eigenvalue weighted by Gasteiger charge is 2.22. The molecule has 0 unspecified atom stereocenters. The van der Waals surface area contributed by atoms with E-state index in [2.05, 4.69) is 15.4 Å². The minimum atomic E-state index is -1.06. The molecule has 0 aliphatic heterocycles. The zero-order valence-corrected chi connectivity index (χ0v) is 12.8. The van der Waals surface area contributed by atoms with Crippen molar-refractivity contribution in [3.8, 4) is 0 Å². The molecular weight excluding hydrogens is 340 g/mol. The summed E-state index contributed by atoms with van der Waals surface area (Å²) < 4.78 is 28.1. The Hall–Kier alpha value is -3.00. The first kappa shape index (κ1) is 15.9. The minimum absolute atomic E-state index is 0.0140. The molecule has 0 radical (unpaired) electrons. The number of halogens is 3. The lowest BCUT2D eigenvalue weighted by Crippen LogP contribution is -2.19. The van der Waals surface area contributed by atoms with Crippen LogP contribution >= 0.6 is 11.6 Å². The van der Waals surface area contributed by atoms with Crippen LogP contribution in [0.2, 0.25) is 5.02 Å². The predicted octanol–water partition coefficient (Wildman–Crippen LogP) is 3.22. The van der Waals surface area contributed by atoms with Gasteiger partial charge in [-0.15, -0.1) is 5.10 Å². The zero-order valence-electron chi connectivity index (χ0n) is 12.0. The van der Waals surface area contributed by atoms with E-state index in [9.17, 15) is 13.6 Å². The number of nitrogens with zero attached hydrogens (tertiary/aromatic N) is 3. The first-order valence-corrected chi connectivity index (χ1v) is 7.07.